The highest BCUT2D eigenvalue weighted by molar-refractivity contribution is 8.12. The molecule has 0 unspecified atom stereocenters. The van der Waals surface area contributed by atoms with Gasteiger partial charge in [-0.2, -0.15) is 0 Å². The Kier molecular flexibility index (Phi) is 4.13. The molecule has 4 heteroatoms. The molecule has 52 valence electrons. The van der Waals surface area contributed by atoms with Crippen molar-refractivity contribution in [1.29, 1.82) is 0 Å². The molecule has 0 saturated heterocycles. The lowest BCUT2D eigenvalue weighted by Crippen LogP contribution is -2.15. The number of nitrogens with one attached hydrogen (secondary N) is 1. The van der Waals surface area contributed by atoms with E-state index in [1.54, 1.807) is 6.92 Å². The maximum absolute atomic E-state index is 10.4. The molecule has 1 amide bonds. The zero-order chi connectivity index (χ0) is 7.28. The van der Waals surface area contributed by atoms with Crippen molar-refractivity contribution in [2.75, 3.05) is 0 Å². The topological polar surface area (TPSA) is 46.2 Å². The van der Waals surface area contributed by atoms with Crippen LogP contribution < -0.4 is 4.72 Å². The van der Waals surface area contributed by atoms with Crippen LogP contribution in [0, 0.1) is 0 Å². The van der Waals surface area contributed by atoms with E-state index in [4.69, 9.17) is 0 Å². The van der Waals surface area contributed by atoms with Crippen molar-refractivity contribution in [3.63, 3.8) is 0 Å². The van der Waals surface area contributed by atoms with Gasteiger partial charge in [0.1, 0.15) is 0 Å². The highest BCUT2D eigenvalue weighted by Gasteiger charge is 1.97. The van der Waals surface area contributed by atoms with Gasteiger partial charge in [-0.3, -0.25) is 14.3 Å². The Balaban J connectivity index is 3.28. The lowest BCUT2D eigenvalue weighted by atomic mass is 10.5. The molecule has 9 heavy (non-hydrogen) atoms. The number of rotatable bonds is 1. The van der Waals surface area contributed by atoms with Crippen LogP contribution in [0.3, 0.4) is 0 Å². The maximum atomic E-state index is 10.4. The SMILES string of the molecule is CCC(=O)NSC(C)=O. The number of hydrogen-bond acceptors (Lipinski definition) is 3. The molecule has 0 saturated carbocycles. The molecular formula is C5H9NO2S. The van der Waals surface area contributed by atoms with Gasteiger partial charge in [-0.1, -0.05) is 6.92 Å². The molecule has 0 aromatic rings. The minimum absolute atomic E-state index is 0.100. The minimum Gasteiger partial charge on any atom is -0.294 e. The zero-order valence-electron chi connectivity index (χ0n) is 5.43. The molecule has 0 fully saturated rings. The number of carbonyl (C=O) groups excluding carboxylic acids is 2. The summed E-state index contributed by atoms with van der Waals surface area (Å²) in [6, 6.07) is 0. The molecule has 0 spiro atoms. The molecule has 0 rings (SSSR count). The Morgan fingerprint density at radius 1 is 1.56 bits per heavy atom. The summed E-state index contributed by atoms with van der Waals surface area (Å²) in [6.45, 7) is 3.14. The Morgan fingerprint density at radius 2 is 2.11 bits per heavy atom. The molecule has 0 heterocycles. The van der Waals surface area contributed by atoms with E-state index in [9.17, 15) is 9.59 Å². The Hall–Kier alpha value is -0.510. The van der Waals surface area contributed by atoms with E-state index < -0.39 is 0 Å². The average Bonchev–Trinajstić information content (AvgIpc) is 1.83. The van der Waals surface area contributed by atoms with Crippen molar-refractivity contribution in [3.8, 4) is 0 Å². The van der Waals surface area contributed by atoms with Gasteiger partial charge < -0.3 is 0 Å². The van der Waals surface area contributed by atoms with Crippen molar-refractivity contribution in [2.24, 2.45) is 0 Å². The first-order valence-corrected chi connectivity index (χ1v) is 3.44. The Labute approximate surface area is 58.3 Å². The molecule has 0 aromatic carbocycles. The molecule has 0 radical (unpaired) electrons. The first-order chi connectivity index (χ1) is 4.16. The van der Waals surface area contributed by atoms with Gasteiger partial charge in [0.25, 0.3) is 0 Å². The highest BCUT2D eigenvalue weighted by Crippen LogP contribution is 1.93. The van der Waals surface area contributed by atoms with E-state index in [0.717, 1.165) is 11.9 Å². The first-order valence-electron chi connectivity index (χ1n) is 2.63. The summed E-state index contributed by atoms with van der Waals surface area (Å²) in [6.07, 6.45) is 0.417. The summed E-state index contributed by atoms with van der Waals surface area (Å²) in [4.78, 5) is 20.6. The van der Waals surface area contributed by atoms with Gasteiger partial charge in [0.15, 0.2) is 0 Å². The summed E-state index contributed by atoms with van der Waals surface area (Å²) in [5, 5.41) is -0.100. The van der Waals surface area contributed by atoms with E-state index in [-0.39, 0.29) is 11.0 Å². The molecule has 0 bridgehead atoms. The third-order valence-corrected chi connectivity index (χ3v) is 1.25. The second-order valence-corrected chi connectivity index (χ2v) is 2.46. The average molecular weight is 147 g/mol. The quantitative estimate of drug-likeness (QED) is 0.555. The van der Waals surface area contributed by atoms with Gasteiger partial charge in [0.2, 0.25) is 11.0 Å². The van der Waals surface area contributed by atoms with Crippen LogP contribution in [0.5, 0.6) is 0 Å². The molecule has 0 atom stereocenters. The second-order valence-electron chi connectivity index (χ2n) is 1.47. The highest BCUT2D eigenvalue weighted by atomic mass is 32.2. The fraction of sp³-hybridized carbons (Fsp3) is 0.600. The predicted octanol–water partition coefficient (Wildman–Crippen LogP) is 0.707. The van der Waals surface area contributed by atoms with E-state index in [1.165, 1.54) is 6.92 Å². The van der Waals surface area contributed by atoms with E-state index >= 15 is 0 Å². The molecule has 0 aliphatic heterocycles. The third kappa shape index (κ3) is 5.36. The molecule has 0 aliphatic carbocycles. The van der Waals surface area contributed by atoms with Gasteiger partial charge in [0.05, 0.1) is 0 Å². The van der Waals surface area contributed by atoms with Crippen molar-refractivity contribution >= 4 is 23.0 Å². The lowest BCUT2D eigenvalue weighted by molar-refractivity contribution is -0.119. The van der Waals surface area contributed by atoms with E-state index in [2.05, 4.69) is 4.72 Å². The fourth-order valence-electron chi connectivity index (χ4n) is 0.201. The number of carbonyl (C=O) groups is 2. The second kappa shape index (κ2) is 4.38. The van der Waals surface area contributed by atoms with Gasteiger partial charge in [-0.15, -0.1) is 0 Å². The molecule has 3 nitrogen and oxygen atoms in total. The van der Waals surface area contributed by atoms with Crippen molar-refractivity contribution in [1.82, 2.24) is 4.72 Å². The molecule has 1 N–H and O–H groups in total. The largest absolute Gasteiger partial charge is 0.294 e. The van der Waals surface area contributed by atoms with Gasteiger partial charge >= 0.3 is 0 Å². The summed E-state index contributed by atoms with van der Waals surface area (Å²) in [5.74, 6) is -0.116. The summed E-state index contributed by atoms with van der Waals surface area (Å²) < 4.78 is 2.36. The van der Waals surface area contributed by atoms with Crippen LogP contribution in [0.1, 0.15) is 20.3 Å². The van der Waals surface area contributed by atoms with Crippen LogP contribution in [0.25, 0.3) is 0 Å². The smallest absolute Gasteiger partial charge is 0.229 e. The van der Waals surface area contributed by atoms with Crippen molar-refractivity contribution in [2.45, 2.75) is 20.3 Å². The Bertz CT molecular complexity index is 124. The number of amides is 1. The standard InChI is InChI=1S/C5H9NO2S/c1-3-5(8)6-9-4(2)7/h3H2,1-2H3,(H,6,8). The van der Waals surface area contributed by atoms with Crippen LogP contribution in [-0.4, -0.2) is 11.0 Å². The first kappa shape index (κ1) is 8.49. The van der Waals surface area contributed by atoms with E-state index in [0.29, 0.717) is 6.42 Å². The number of hydrogen-bond donors (Lipinski definition) is 1. The molecular weight excluding hydrogens is 138 g/mol. The monoisotopic (exact) mass is 147 g/mol. The van der Waals surface area contributed by atoms with Crippen LogP contribution in [0.4, 0.5) is 0 Å². The van der Waals surface area contributed by atoms with Crippen LogP contribution in [-0.2, 0) is 9.59 Å². The molecule has 0 aliphatic rings. The van der Waals surface area contributed by atoms with Crippen LogP contribution in [0.15, 0.2) is 0 Å². The van der Waals surface area contributed by atoms with Gasteiger partial charge in [-0.25, -0.2) is 0 Å². The van der Waals surface area contributed by atoms with Gasteiger partial charge in [0, 0.05) is 25.3 Å². The summed E-state index contributed by atoms with van der Waals surface area (Å²) in [5.41, 5.74) is 0. The zero-order valence-corrected chi connectivity index (χ0v) is 6.25. The maximum Gasteiger partial charge on any atom is 0.229 e. The van der Waals surface area contributed by atoms with Gasteiger partial charge in [-0.05, 0) is 0 Å². The summed E-state index contributed by atoms with van der Waals surface area (Å²) >= 11 is 0.826. The summed E-state index contributed by atoms with van der Waals surface area (Å²) in [7, 11) is 0. The van der Waals surface area contributed by atoms with Crippen molar-refractivity contribution < 1.29 is 9.59 Å². The fourth-order valence-corrected chi connectivity index (χ4v) is 0.603. The Morgan fingerprint density at radius 3 is 2.44 bits per heavy atom. The lowest BCUT2D eigenvalue weighted by Gasteiger charge is -1.95. The van der Waals surface area contributed by atoms with E-state index in [1.807, 2.05) is 0 Å². The van der Waals surface area contributed by atoms with Crippen LogP contribution >= 0.6 is 11.9 Å². The van der Waals surface area contributed by atoms with Crippen molar-refractivity contribution in [3.05, 3.63) is 0 Å². The third-order valence-electron chi connectivity index (χ3n) is 0.630. The predicted molar refractivity (Wildman–Crippen MR) is 36.7 cm³/mol. The molecule has 0 aromatic heterocycles. The minimum atomic E-state index is -0.116. The normalized spacial score (nSPS) is 8.67. The van der Waals surface area contributed by atoms with Crippen LogP contribution in [0.2, 0.25) is 0 Å².